The minimum absolute atomic E-state index is 0.0793. The molecule has 3 rings (SSSR count). The van der Waals surface area contributed by atoms with E-state index in [0.717, 1.165) is 0 Å². The van der Waals surface area contributed by atoms with Crippen LogP contribution in [0.4, 0.5) is 5.69 Å². The van der Waals surface area contributed by atoms with Crippen molar-refractivity contribution in [1.29, 1.82) is 0 Å². The van der Waals surface area contributed by atoms with Crippen LogP contribution in [0.5, 0.6) is 0 Å². The summed E-state index contributed by atoms with van der Waals surface area (Å²) in [4.78, 5) is 53.0. The van der Waals surface area contributed by atoms with Crippen LogP contribution in [0.25, 0.3) is 16.7 Å². The van der Waals surface area contributed by atoms with Gasteiger partial charge in [-0.15, -0.1) is 0 Å². The maximum absolute atomic E-state index is 12.4. The highest BCUT2D eigenvalue weighted by Gasteiger charge is 2.20. The van der Waals surface area contributed by atoms with E-state index in [0.29, 0.717) is 5.52 Å². The van der Waals surface area contributed by atoms with Gasteiger partial charge in [-0.05, 0) is 19.4 Å². The number of benzene rings is 1. The Labute approximate surface area is 157 Å². The van der Waals surface area contributed by atoms with E-state index in [9.17, 15) is 24.5 Å². The van der Waals surface area contributed by atoms with Crippen molar-refractivity contribution in [3.63, 3.8) is 0 Å². The van der Waals surface area contributed by atoms with Crippen molar-refractivity contribution in [1.82, 2.24) is 19.1 Å². The Bertz CT molecular complexity index is 1150. The number of aryl methyl sites for hydroxylation is 1. The molecule has 146 valence electrons. The van der Waals surface area contributed by atoms with Crippen LogP contribution in [0.15, 0.2) is 40.4 Å². The van der Waals surface area contributed by atoms with Gasteiger partial charge < -0.3 is 18.9 Å². The third kappa shape index (κ3) is 3.68. The lowest BCUT2D eigenvalue weighted by Crippen LogP contribution is -2.36. The van der Waals surface area contributed by atoms with Crippen LogP contribution in [-0.2, 0) is 16.1 Å². The summed E-state index contributed by atoms with van der Waals surface area (Å²) >= 11 is 0. The molecule has 11 nitrogen and oxygen atoms in total. The molecule has 0 bridgehead atoms. The van der Waals surface area contributed by atoms with Gasteiger partial charge in [-0.25, -0.2) is 4.98 Å². The first-order chi connectivity index (χ1) is 13.4. The summed E-state index contributed by atoms with van der Waals surface area (Å²) in [5, 5.41) is 11.5. The maximum Gasteiger partial charge on any atom is 0.316 e. The fraction of sp³-hybridized carbons (Fsp3) is 0.294. The molecule has 0 radical (unpaired) electrons. The molecule has 28 heavy (non-hydrogen) atoms. The van der Waals surface area contributed by atoms with Gasteiger partial charge in [-0.2, -0.15) is 0 Å². The molecular formula is C17H17N5O6. The molecule has 0 spiro atoms. The molecule has 0 fully saturated rings. The van der Waals surface area contributed by atoms with Crippen LogP contribution < -0.4 is 11.1 Å². The van der Waals surface area contributed by atoms with Gasteiger partial charge in [-0.1, -0.05) is 0 Å². The molecule has 0 amide bonds. The van der Waals surface area contributed by atoms with E-state index >= 15 is 0 Å². The second-order valence-corrected chi connectivity index (χ2v) is 5.90. The smallest absolute Gasteiger partial charge is 0.316 e. The fourth-order valence-corrected chi connectivity index (χ4v) is 2.89. The molecule has 1 aromatic carbocycles. The van der Waals surface area contributed by atoms with Gasteiger partial charge in [-0.3, -0.25) is 24.5 Å². The number of nitrogens with zero attached hydrogens (tertiary/aromatic N) is 4. The maximum atomic E-state index is 12.4. The highest BCUT2D eigenvalue weighted by Crippen LogP contribution is 2.27. The summed E-state index contributed by atoms with van der Waals surface area (Å²) in [7, 11) is 0. The minimum Gasteiger partial charge on any atom is -0.466 e. The van der Waals surface area contributed by atoms with E-state index in [4.69, 9.17) is 4.74 Å². The van der Waals surface area contributed by atoms with Crippen LogP contribution in [-0.4, -0.2) is 36.6 Å². The summed E-state index contributed by atoms with van der Waals surface area (Å²) in [5.41, 5.74) is -1.30. The lowest BCUT2D eigenvalue weighted by Gasteiger charge is -2.12. The van der Waals surface area contributed by atoms with E-state index in [2.05, 4.69) is 9.97 Å². The molecule has 0 saturated carbocycles. The number of hydrogen-bond acceptors (Lipinski definition) is 7. The normalized spacial score (nSPS) is 10.9. The Morgan fingerprint density at radius 1 is 1.36 bits per heavy atom. The molecule has 0 saturated heterocycles. The van der Waals surface area contributed by atoms with Crippen LogP contribution >= 0.6 is 0 Å². The van der Waals surface area contributed by atoms with Crippen molar-refractivity contribution in [2.75, 3.05) is 6.61 Å². The number of nitrogens with one attached hydrogen (secondary N) is 1. The number of esters is 1. The largest absolute Gasteiger partial charge is 0.466 e. The first kappa shape index (κ1) is 19.0. The molecule has 1 N–H and O–H groups in total. The molecule has 2 aromatic heterocycles. The Balaban J connectivity index is 2.12. The van der Waals surface area contributed by atoms with Crippen LogP contribution in [0.3, 0.4) is 0 Å². The lowest BCUT2D eigenvalue weighted by molar-refractivity contribution is -0.384. The van der Waals surface area contributed by atoms with Crippen LogP contribution in [0.1, 0.15) is 19.8 Å². The molecule has 0 aliphatic heterocycles. The van der Waals surface area contributed by atoms with E-state index in [1.54, 1.807) is 6.92 Å². The molecule has 0 aliphatic rings. The second kappa shape index (κ2) is 7.86. The van der Waals surface area contributed by atoms with Crippen LogP contribution in [0.2, 0.25) is 0 Å². The number of aromatic amines is 1. The fourth-order valence-electron chi connectivity index (χ4n) is 2.89. The second-order valence-electron chi connectivity index (χ2n) is 5.90. The highest BCUT2D eigenvalue weighted by molar-refractivity contribution is 5.82. The first-order valence-corrected chi connectivity index (χ1v) is 8.51. The van der Waals surface area contributed by atoms with Gasteiger partial charge in [0.25, 0.3) is 5.69 Å². The average Bonchev–Trinajstić information content (AvgIpc) is 3.18. The third-order valence-corrected chi connectivity index (χ3v) is 4.12. The van der Waals surface area contributed by atoms with Gasteiger partial charge in [0.15, 0.2) is 0 Å². The number of aromatic nitrogens is 4. The molecule has 0 atom stereocenters. The SMILES string of the molecule is CCOC(=O)CCCn1c(=O)c(=O)[nH]c2cc([N+](=O)[O-])c(-n3ccnc3)cc21. The number of carbonyl (C=O) groups is 1. The number of nitro groups is 1. The summed E-state index contributed by atoms with van der Waals surface area (Å²) < 4.78 is 7.50. The van der Waals surface area contributed by atoms with E-state index in [-0.39, 0.29) is 42.9 Å². The highest BCUT2D eigenvalue weighted by atomic mass is 16.6. The summed E-state index contributed by atoms with van der Waals surface area (Å²) in [6, 6.07) is 2.64. The average molecular weight is 387 g/mol. The number of fused-ring (bicyclic) bond motifs is 1. The van der Waals surface area contributed by atoms with Gasteiger partial charge in [0.2, 0.25) is 0 Å². The lowest BCUT2D eigenvalue weighted by atomic mass is 10.2. The summed E-state index contributed by atoms with van der Waals surface area (Å²) in [6.07, 6.45) is 4.74. The number of H-pyrrole nitrogens is 1. The van der Waals surface area contributed by atoms with Crippen molar-refractivity contribution in [2.45, 2.75) is 26.3 Å². The predicted molar refractivity (Wildman–Crippen MR) is 98.5 cm³/mol. The molecule has 2 heterocycles. The Hall–Kier alpha value is -3.76. The van der Waals surface area contributed by atoms with Crippen molar-refractivity contribution in [2.24, 2.45) is 0 Å². The molecular weight excluding hydrogens is 370 g/mol. The quantitative estimate of drug-likeness (QED) is 0.277. The van der Waals surface area contributed by atoms with Gasteiger partial charge in [0.05, 0.1) is 28.9 Å². The van der Waals surface area contributed by atoms with E-state index < -0.39 is 22.0 Å². The number of hydrogen-bond donors (Lipinski definition) is 1. The topological polar surface area (TPSA) is 142 Å². The molecule has 11 heteroatoms. The molecule has 0 aliphatic carbocycles. The van der Waals surface area contributed by atoms with Crippen LogP contribution in [0, 0.1) is 10.1 Å². The van der Waals surface area contributed by atoms with Crippen molar-refractivity contribution < 1.29 is 14.5 Å². The number of imidazole rings is 1. The van der Waals surface area contributed by atoms with Crippen molar-refractivity contribution in [3.8, 4) is 5.69 Å². The standard InChI is InChI=1S/C17H17N5O6/c1-2-28-15(23)4-3-6-21-12-9-13(20-7-5-18-10-20)14(22(26)27)8-11(12)19-16(24)17(21)25/h5,7-10H,2-4,6H2,1H3,(H,19,24). The van der Waals surface area contributed by atoms with Gasteiger partial charge in [0.1, 0.15) is 5.69 Å². The monoisotopic (exact) mass is 387 g/mol. The van der Waals surface area contributed by atoms with Gasteiger partial charge >= 0.3 is 17.1 Å². The van der Waals surface area contributed by atoms with Gasteiger partial charge in [0, 0.05) is 31.4 Å². The number of nitro benzene ring substituents is 1. The Morgan fingerprint density at radius 3 is 2.79 bits per heavy atom. The zero-order valence-electron chi connectivity index (χ0n) is 15.0. The predicted octanol–water partition coefficient (Wildman–Crippen LogP) is 1.13. The zero-order chi connectivity index (χ0) is 20.3. The van der Waals surface area contributed by atoms with Crippen molar-refractivity contribution >= 4 is 22.7 Å². The first-order valence-electron chi connectivity index (χ1n) is 8.51. The van der Waals surface area contributed by atoms with E-state index in [1.807, 2.05) is 0 Å². The Morgan fingerprint density at radius 2 is 2.14 bits per heavy atom. The number of rotatable bonds is 7. The number of carbonyl (C=O) groups excluding carboxylic acids is 1. The zero-order valence-corrected chi connectivity index (χ0v) is 15.0. The Kier molecular flexibility index (Phi) is 5.34. The molecule has 3 aromatic rings. The minimum atomic E-state index is -0.895. The third-order valence-electron chi connectivity index (χ3n) is 4.12. The van der Waals surface area contributed by atoms with Crippen molar-refractivity contribution in [3.05, 3.63) is 61.7 Å². The number of ether oxygens (including phenoxy) is 1. The molecule has 0 unspecified atom stereocenters. The summed E-state index contributed by atoms with van der Waals surface area (Å²) in [5.74, 6) is -0.403. The van der Waals surface area contributed by atoms with E-state index in [1.165, 1.54) is 40.0 Å². The summed E-state index contributed by atoms with van der Waals surface area (Å²) in [6.45, 7) is 2.03.